The molecule has 192 valence electrons. The number of carbonyl (C=O) groups excluding carboxylic acids is 5. The van der Waals surface area contributed by atoms with Crippen molar-refractivity contribution in [1.29, 1.82) is 0 Å². The van der Waals surface area contributed by atoms with Crippen LogP contribution in [0.15, 0.2) is 35.6 Å². The second kappa shape index (κ2) is 14.2. The van der Waals surface area contributed by atoms with Crippen molar-refractivity contribution < 1.29 is 24.0 Å². The summed E-state index contributed by atoms with van der Waals surface area (Å²) in [5.74, 6) is -0.308. The molecule has 2 N–H and O–H groups in total. The molecule has 0 aromatic carbocycles. The van der Waals surface area contributed by atoms with E-state index in [4.69, 9.17) is 0 Å². The third-order valence-electron chi connectivity index (χ3n) is 6.59. The maximum Gasteiger partial charge on any atom is 0.261 e. The zero-order valence-electron chi connectivity index (χ0n) is 20.9. The first-order valence-corrected chi connectivity index (χ1v) is 12.4. The van der Waals surface area contributed by atoms with Gasteiger partial charge in [-0.1, -0.05) is 38.0 Å². The van der Waals surface area contributed by atoms with Crippen molar-refractivity contribution in [2.75, 3.05) is 33.2 Å². The number of unbranched alkanes of at least 4 members (excludes halogenated alkanes) is 1. The Kier molecular flexibility index (Phi) is 11.4. The number of amides is 4. The number of carbonyl (C=O) groups is 5. The Balaban J connectivity index is 0.000000410. The first kappa shape index (κ1) is 28.0. The molecule has 9 heteroatoms. The normalized spacial score (nSPS) is 19.1. The highest BCUT2D eigenvalue weighted by atomic mass is 16.2. The van der Waals surface area contributed by atoms with E-state index in [1.54, 1.807) is 7.05 Å². The number of rotatable bonds is 8. The van der Waals surface area contributed by atoms with E-state index < -0.39 is 5.91 Å². The number of aldehydes is 1. The van der Waals surface area contributed by atoms with E-state index in [1.807, 2.05) is 17.9 Å². The standard InChI is InChI=1S/C20H27N3O3.C6H11NO2/c1-3-15-17(19(25)21-18(15)24)16(4-2)22-10-12-23(13-11-22)20(26)14-8-6-5-7-9-14;1-7-6(9)4-2-3-5-8/h3-4,14H,1,5-13H2,2H3,(H,21,24,25);5H,2-4H2,1H3,(H,7,9)/b16-4+;. The molecule has 4 amide bonds. The summed E-state index contributed by atoms with van der Waals surface area (Å²) in [6, 6.07) is 0. The average Bonchev–Trinajstić information content (AvgIpc) is 3.17. The van der Waals surface area contributed by atoms with Crippen LogP contribution >= 0.6 is 0 Å². The summed E-state index contributed by atoms with van der Waals surface area (Å²) in [5, 5.41) is 4.81. The maximum absolute atomic E-state index is 12.7. The van der Waals surface area contributed by atoms with E-state index in [0.29, 0.717) is 56.6 Å². The quantitative estimate of drug-likeness (QED) is 0.307. The van der Waals surface area contributed by atoms with Crippen LogP contribution in [0, 0.1) is 5.92 Å². The summed E-state index contributed by atoms with van der Waals surface area (Å²) >= 11 is 0. The van der Waals surface area contributed by atoms with Crippen LogP contribution in [0.3, 0.4) is 0 Å². The van der Waals surface area contributed by atoms with Crippen molar-refractivity contribution >= 4 is 29.9 Å². The van der Waals surface area contributed by atoms with Gasteiger partial charge in [0, 0.05) is 57.7 Å². The van der Waals surface area contributed by atoms with Gasteiger partial charge in [0.25, 0.3) is 11.8 Å². The monoisotopic (exact) mass is 486 g/mol. The molecule has 1 saturated carbocycles. The first-order chi connectivity index (χ1) is 16.9. The van der Waals surface area contributed by atoms with Crippen molar-refractivity contribution in [2.24, 2.45) is 5.92 Å². The van der Waals surface area contributed by atoms with Crippen LogP contribution in [0.25, 0.3) is 0 Å². The van der Waals surface area contributed by atoms with Crippen LogP contribution in [-0.2, 0) is 24.0 Å². The largest absolute Gasteiger partial charge is 0.368 e. The van der Waals surface area contributed by atoms with Crippen LogP contribution in [0.5, 0.6) is 0 Å². The van der Waals surface area contributed by atoms with E-state index in [2.05, 4.69) is 22.1 Å². The van der Waals surface area contributed by atoms with Crippen LogP contribution in [0.4, 0.5) is 0 Å². The summed E-state index contributed by atoms with van der Waals surface area (Å²) in [6.07, 6.45) is 11.3. The third-order valence-corrected chi connectivity index (χ3v) is 6.59. The number of allylic oxidation sites excluding steroid dienone is 1. The van der Waals surface area contributed by atoms with Gasteiger partial charge in [-0.15, -0.1) is 0 Å². The predicted molar refractivity (Wildman–Crippen MR) is 133 cm³/mol. The molecular weight excluding hydrogens is 448 g/mol. The Labute approximate surface area is 207 Å². The van der Waals surface area contributed by atoms with Gasteiger partial charge in [0.15, 0.2) is 0 Å². The summed E-state index contributed by atoms with van der Waals surface area (Å²) in [4.78, 5) is 61.1. The third kappa shape index (κ3) is 7.63. The average molecular weight is 487 g/mol. The van der Waals surface area contributed by atoms with Crippen molar-refractivity contribution in [3.05, 3.63) is 35.6 Å². The summed E-state index contributed by atoms with van der Waals surface area (Å²) in [7, 11) is 1.59. The van der Waals surface area contributed by atoms with E-state index in [0.717, 1.165) is 37.7 Å². The molecule has 2 aliphatic heterocycles. The Morgan fingerprint density at radius 3 is 2.23 bits per heavy atom. The minimum Gasteiger partial charge on any atom is -0.368 e. The van der Waals surface area contributed by atoms with Gasteiger partial charge in [0.05, 0.1) is 11.1 Å². The van der Waals surface area contributed by atoms with Crippen LogP contribution in [-0.4, -0.2) is 72.9 Å². The number of hydrogen-bond acceptors (Lipinski definition) is 6. The van der Waals surface area contributed by atoms with Crippen molar-refractivity contribution in [2.45, 2.75) is 58.3 Å². The molecule has 0 spiro atoms. The minimum absolute atomic E-state index is 0.00292. The zero-order valence-corrected chi connectivity index (χ0v) is 20.9. The lowest BCUT2D eigenvalue weighted by atomic mass is 9.88. The molecule has 9 nitrogen and oxygen atoms in total. The van der Waals surface area contributed by atoms with Gasteiger partial charge in [-0.3, -0.25) is 24.5 Å². The highest BCUT2D eigenvalue weighted by molar-refractivity contribution is 6.22. The molecule has 1 saturated heterocycles. The summed E-state index contributed by atoms with van der Waals surface area (Å²) < 4.78 is 0. The lowest BCUT2D eigenvalue weighted by Crippen LogP contribution is -2.50. The lowest BCUT2D eigenvalue weighted by Gasteiger charge is -2.39. The molecule has 1 aliphatic carbocycles. The highest BCUT2D eigenvalue weighted by Gasteiger charge is 2.34. The number of hydrogen-bond donors (Lipinski definition) is 2. The fraction of sp³-hybridized carbons (Fsp3) is 0.577. The molecule has 0 aromatic heterocycles. The van der Waals surface area contributed by atoms with Crippen molar-refractivity contribution in [1.82, 2.24) is 20.4 Å². The second-order valence-corrected chi connectivity index (χ2v) is 8.83. The molecule has 0 radical (unpaired) electrons. The van der Waals surface area contributed by atoms with Gasteiger partial charge in [0.1, 0.15) is 6.29 Å². The van der Waals surface area contributed by atoms with Gasteiger partial charge in [-0.05, 0) is 26.2 Å². The number of nitrogens with zero attached hydrogens (tertiary/aromatic N) is 2. The van der Waals surface area contributed by atoms with Gasteiger partial charge in [-0.25, -0.2) is 0 Å². The van der Waals surface area contributed by atoms with E-state index in [-0.39, 0.29) is 23.6 Å². The molecule has 3 aliphatic rings. The van der Waals surface area contributed by atoms with E-state index in [9.17, 15) is 24.0 Å². The van der Waals surface area contributed by atoms with E-state index >= 15 is 0 Å². The van der Waals surface area contributed by atoms with Gasteiger partial charge < -0.3 is 19.9 Å². The number of piperazine rings is 1. The summed E-state index contributed by atoms with van der Waals surface area (Å²) in [6.45, 7) is 8.14. The smallest absolute Gasteiger partial charge is 0.261 e. The number of nitrogens with one attached hydrogen (secondary N) is 2. The SMILES string of the molecule is C=CC1=C(/C(=C\C)N2CCN(C(=O)C3CCCCC3)CC2)C(=O)NC1=O.CNC(=O)CCCC=O. The predicted octanol–water partition coefficient (Wildman–Crippen LogP) is 1.86. The minimum atomic E-state index is -0.398. The van der Waals surface area contributed by atoms with Crippen molar-refractivity contribution in [3.8, 4) is 0 Å². The molecule has 2 heterocycles. The molecule has 3 rings (SSSR count). The molecule has 0 unspecified atom stereocenters. The van der Waals surface area contributed by atoms with Crippen LogP contribution in [0.1, 0.15) is 58.3 Å². The molecular formula is C26H38N4O5. The van der Waals surface area contributed by atoms with Gasteiger partial charge in [0.2, 0.25) is 11.8 Å². The zero-order chi connectivity index (χ0) is 25.8. The molecule has 0 atom stereocenters. The topological polar surface area (TPSA) is 116 Å². The number of imide groups is 1. The fourth-order valence-electron chi connectivity index (χ4n) is 4.65. The second-order valence-electron chi connectivity index (χ2n) is 8.83. The fourth-order valence-corrected chi connectivity index (χ4v) is 4.65. The Morgan fingerprint density at radius 1 is 1.06 bits per heavy atom. The Bertz CT molecular complexity index is 878. The Morgan fingerprint density at radius 2 is 1.69 bits per heavy atom. The maximum atomic E-state index is 12.7. The van der Waals surface area contributed by atoms with Crippen LogP contribution < -0.4 is 10.6 Å². The van der Waals surface area contributed by atoms with Gasteiger partial charge >= 0.3 is 0 Å². The first-order valence-electron chi connectivity index (χ1n) is 12.4. The summed E-state index contributed by atoms with van der Waals surface area (Å²) in [5.41, 5.74) is 1.45. The molecule has 0 bridgehead atoms. The van der Waals surface area contributed by atoms with E-state index in [1.165, 1.54) is 12.5 Å². The van der Waals surface area contributed by atoms with Crippen LogP contribution in [0.2, 0.25) is 0 Å². The Hall–Kier alpha value is -3.23. The molecule has 35 heavy (non-hydrogen) atoms. The molecule has 2 fully saturated rings. The molecule has 0 aromatic rings. The highest BCUT2D eigenvalue weighted by Crippen LogP contribution is 2.28. The van der Waals surface area contributed by atoms with Crippen molar-refractivity contribution in [3.63, 3.8) is 0 Å². The van der Waals surface area contributed by atoms with Gasteiger partial charge in [-0.2, -0.15) is 0 Å². The lowest BCUT2D eigenvalue weighted by molar-refractivity contribution is -0.138.